The number of methoxy groups -OCH3 is 1. The van der Waals surface area contributed by atoms with Crippen LogP contribution in [0.3, 0.4) is 0 Å². The lowest BCUT2D eigenvalue weighted by molar-refractivity contribution is -0.117. The Balaban J connectivity index is 1.98. The number of ether oxygens (including phenoxy) is 1. The lowest BCUT2D eigenvalue weighted by Crippen LogP contribution is -2.35. The number of hydrazine groups is 1. The van der Waals surface area contributed by atoms with Gasteiger partial charge in [0.25, 0.3) is 11.8 Å². The summed E-state index contributed by atoms with van der Waals surface area (Å²) >= 11 is 7.88. The summed E-state index contributed by atoms with van der Waals surface area (Å²) in [7, 11) is 1.43. The SMILES string of the molecule is COc1cc(/C=C2/C(=O)NN(c3cccc(Cl)c3)C2=O)cc(I)c1O. The summed E-state index contributed by atoms with van der Waals surface area (Å²) in [6.45, 7) is 0. The molecule has 2 aromatic rings. The Bertz CT molecular complexity index is 914. The van der Waals surface area contributed by atoms with Gasteiger partial charge in [0.05, 0.1) is 16.4 Å². The van der Waals surface area contributed by atoms with E-state index >= 15 is 0 Å². The van der Waals surface area contributed by atoms with Crippen molar-refractivity contribution in [3.8, 4) is 11.5 Å². The van der Waals surface area contributed by atoms with Crippen LogP contribution in [0.25, 0.3) is 6.08 Å². The first-order chi connectivity index (χ1) is 11.9. The maximum absolute atomic E-state index is 12.6. The number of nitrogens with zero attached hydrogens (tertiary/aromatic N) is 1. The monoisotopic (exact) mass is 470 g/mol. The third-order valence-electron chi connectivity index (χ3n) is 3.54. The van der Waals surface area contributed by atoms with E-state index in [4.69, 9.17) is 16.3 Å². The number of anilines is 1. The number of benzene rings is 2. The van der Waals surface area contributed by atoms with E-state index in [2.05, 4.69) is 5.43 Å². The van der Waals surface area contributed by atoms with Gasteiger partial charge in [0.15, 0.2) is 11.5 Å². The van der Waals surface area contributed by atoms with Gasteiger partial charge >= 0.3 is 0 Å². The second-order valence-corrected chi connectivity index (χ2v) is 6.77. The molecule has 1 aliphatic heterocycles. The third kappa shape index (κ3) is 3.42. The second kappa shape index (κ2) is 6.93. The van der Waals surface area contributed by atoms with Gasteiger partial charge in [-0.05, 0) is 64.6 Å². The van der Waals surface area contributed by atoms with Crippen LogP contribution in [0.1, 0.15) is 5.56 Å². The van der Waals surface area contributed by atoms with Gasteiger partial charge in [-0.15, -0.1) is 0 Å². The first kappa shape index (κ1) is 17.6. The average molecular weight is 471 g/mol. The van der Waals surface area contributed by atoms with Gasteiger partial charge in [-0.25, -0.2) is 5.01 Å². The molecule has 1 saturated heterocycles. The van der Waals surface area contributed by atoms with Crippen LogP contribution in [-0.2, 0) is 9.59 Å². The molecule has 6 nitrogen and oxygen atoms in total. The summed E-state index contributed by atoms with van der Waals surface area (Å²) in [6.07, 6.45) is 1.45. The molecule has 2 amide bonds. The van der Waals surface area contributed by atoms with Crippen molar-refractivity contribution in [2.45, 2.75) is 0 Å². The molecule has 0 atom stereocenters. The number of carbonyl (C=O) groups is 2. The van der Waals surface area contributed by atoms with Crippen molar-refractivity contribution in [3.05, 3.63) is 56.1 Å². The van der Waals surface area contributed by atoms with Crippen LogP contribution in [0.2, 0.25) is 5.02 Å². The van der Waals surface area contributed by atoms with Crippen molar-refractivity contribution in [1.29, 1.82) is 0 Å². The van der Waals surface area contributed by atoms with Crippen LogP contribution in [0.4, 0.5) is 5.69 Å². The van der Waals surface area contributed by atoms with Crippen LogP contribution in [-0.4, -0.2) is 24.0 Å². The van der Waals surface area contributed by atoms with Crippen molar-refractivity contribution in [1.82, 2.24) is 5.43 Å². The summed E-state index contributed by atoms with van der Waals surface area (Å²) in [5.41, 5.74) is 3.51. The van der Waals surface area contributed by atoms with E-state index in [-0.39, 0.29) is 17.1 Å². The second-order valence-electron chi connectivity index (χ2n) is 5.17. The molecule has 0 spiro atoms. The molecule has 1 aliphatic rings. The van der Waals surface area contributed by atoms with Crippen LogP contribution in [0.5, 0.6) is 11.5 Å². The summed E-state index contributed by atoms with van der Waals surface area (Å²) in [5.74, 6) is -0.745. The topological polar surface area (TPSA) is 78.9 Å². The minimum atomic E-state index is -0.521. The smallest absolute Gasteiger partial charge is 0.282 e. The molecule has 3 rings (SSSR count). The van der Waals surface area contributed by atoms with E-state index in [9.17, 15) is 14.7 Å². The Hall–Kier alpha value is -2.26. The molecule has 0 radical (unpaired) electrons. The fourth-order valence-corrected chi connectivity index (χ4v) is 3.16. The molecule has 0 unspecified atom stereocenters. The van der Waals surface area contributed by atoms with E-state index in [0.717, 1.165) is 5.01 Å². The molecule has 1 fully saturated rings. The number of carbonyl (C=O) groups excluding carboxylic acids is 2. The number of halogens is 2. The predicted molar refractivity (Wildman–Crippen MR) is 102 cm³/mol. The Morgan fingerprint density at radius 1 is 1.28 bits per heavy atom. The maximum atomic E-state index is 12.6. The molecule has 0 aromatic heterocycles. The highest BCUT2D eigenvalue weighted by atomic mass is 127. The van der Waals surface area contributed by atoms with E-state index in [1.807, 2.05) is 22.6 Å². The zero-order chi connectivity index (χ0) is 18.1. The molecule has 0 aliphatic carbocycles. The quantitative estimate of drug-likeness (QED) is 0.410. The highest BCUT2D eigenvalue weighted by molar-refractivity contribution is 14.1. The average Bonchev–Trinajstić information content (AvgIpc) is 2.86. The molecule has 0 saturated carbocycles. The minimum Gasteiger partial charge on any atom is -0.504 e. The van der Waals surface area contributed by atoms with Crippen molar-refractivity contribution in [2.24, 2.45) is 0 Å². The number of nitrogens with one attached hydrogen (secondary N) is 1. The molecule has 1 heterocycles. The van der Waals surface area contributed by atoms with Gasteiger partial charge in [-0.2, -0.15) is 0 Å². The number of hydrogen-bond acceptors (Lipinski definition) is 4. The van der Waals surface area contributed by atoms with E-state index in [1.54, 1.807) is 36.4 Å². The van der Waals surface area contributed by atoms with E-state index < -0.39 is 11.8 Å². The Morgan fingerprint density at radius 2 is 2.04 bits per heavy atom. The largest absolute Gasteiger partial charge is 0.504 e. The highest BCUT2D eigenvalue weighted by Gasteiger charge is 2.34. The molecular formula is C17H12ClIN2O4. The van der Waals surface area contributed by atoms with E-state index in [1.165, 1.54) is 13.2 Å². The number of amides is 2. The van der Waals surface area contributed by atoms with Gasteiger partial charge in [0.2, 0.25) is 0 Å². The molecule has 8 heteroatoms. The fraction of sp³-hybridized carbons (Fsp3) is 0.0588. The third-order valence-corrected chi connectivity index (χ3v) is 4.60. The molecule has 0 bridgehead atoms. The Morgan fingerprint density at radius 3 is 2.72 bits per heavy atom. The molecule has 128 valence electrons. The van der Waals surface area contributed by atoms with Gasteiger partial charge in [-0.3, -0.25) is 15.0 Å². The molecule has 2 aromatic carbocycles. The number of rotatable bonds is 3. The highest BCUT2D eigenvalue weighted by Crippen LogP contribution is 2.33. The van der Waals surface area contributed by atoms with Gasteiger partial charge < -0.3 is 9.84 Å². The van der Waals surface area contributed by atoms with Gasteiger partial charge in [0, 0.05) is 5.02 Å². The maximum Gasteiger partial charge on any atom is 0.282 e. The van der Waals surface area contributed by atoms with Gasteiger partial charge in [-0.1, -0.05) is 17.7 Å². The van der Waals surface area contributed by atoms with Crippen molar-refractivity contribution < 1.29 is 19.4 Å². The summed E-state index contributed by atoms with van der Waals surface area (Å²) in [6, 6.07) is 9.80. The summed E-state index contributed by atoms with van der Waals surface area (Å²) < 4.78 is 5.64. The predicted octanol–water partition coefficient (Wildman–Crippen LogP) is 3.12. The van der Waals surface area contributed by atoms with Crippen molar-refractivity contribution >= 4 is 57.8 Å². The zero-order valence-electron chi connectivity index (χ0n) is 12.9. The van der Waals surface area contributed by atoms with Crippen LogP contribution < -0.4 is 15.2 Å². The first-order valence-corrected chi connectivity index (χ1v) is 8.55. The molecule has 2 N–H and O–H groups in total. The standard InChI is InChI=1S/C17H12ClIN2O4/c1-25-14-7-9(6-13(19)15(14)22)5-12-16(23)20-21(17(12)24)11-4-2-3-10(18)8-11/h2-8,22H,1H3,(H,20,23)/b12-5-. The summed E-state index contributed by atoms with van der Waals surface area (Å²) in [5, 5.41) is 11.5. The first-order valence-electron chi connectivity index (χ1n) is 7.10. The summed E-state index contributed by atoms with van der Waals surface area (Å²) in [4.78, 5) is 24.8. The number of hydrogen-bond donors (Lipinski definition) is 2. The lowest BCUT2D eigenvalue weighted by atomic mass is 10.1. The fourth-order valence-electron chi connectivity index (χ4n) is 2.35. The number of phenolic OH excluding ortho intramolecular Hbond substituents is 1. The van der Waals surface area contributed by atoms with E-state index in [0.29, 0.717) is 19.8 Å². The molecule has 25 heavy (non-hydrogen) atoms. The minimum absolute atomic E-state index is 0.00741. The van der Waals surface area contributed by atoms with Crippen molar-refractivity contribution in [3.63, 3.8) is 0 Å². The molecular weight excluding hydrogens is 459 g/mol. The van der Waals surface area contributed by atoms with Gasteiger partial charge in [0.1, 0.15) is 5.57 Å². The Labute approximate surface area is 162 Å². The van der Waals surface area contributed by atoms with Crippen LogP contribution >= 0.6 is 34.2 Å². The van der Waals surface area contributed by atoms with Crippen LogP contribution in [0.15, 0.2) is 42.0 Å². The number of phenols is 1. The normalized spacial score (nSPS) is 15.6. The number of aromatic hydroxyl groups is 1. The lowest BCUT2D eigenvalue weighted by Gasteiger charge is -2.14. The van der Waals surface area contributed by atoms with Crippen molar-refractivity contribution in [2.75, 3.05) is 12.1 Å². The van der Waals surface area contributed by atoms with Crippen LogP contribution in [0, 0.1) is 3.57 Å². The zero-order valence-corrected chi connectivity index (χ0v) is 15.8. The Kier molecular flexibility index (Phi) is 4.87.